The van der Waals surface area contributed by atoms with Crippen molar-refractivity contribution in [3.05, 3.63) is 29.8 Å². The Labute approximate surface area is 136 Å². The fraction of sp³-hybridized carbons (Fsp3) is 0.467. The molecule has 2 rings (SSSR count). The van der Waals surface area contributed by atoms with Gasteiger partial charge in [-0.15, -0.1) is 0 Å². The molecule has 1 aliphatic heterocycles. The minimum atomic E-state index is -3.65. The highest BCUT2D eigenvalue weighted by Gasteiger charge is 2.33. The van der Waals surface area contributed by atoms with E-state index in [-0.39, 0.29) is 23.3 Å². The highest BCUT2D eigenvalue weighted by Crippen LogP contribution is 2.24. The largest absolute Gasteiger partial charge is 0.355 e. The summed E-state index contributed by atoms with van der Waals surface area (Å²) < 4.78 is 26.7. The van der Waals surface area contributed by atoms with E-state index in [1.165, 1.54) is 28.6 Å². The number of nitrogens with zero attached hydrogens (tertiary/aromatic N) is 2. The predicted molar refractivity (Wildman–Crippen MR) is 84.7 cm³/mol. The fourth-order valence-electron chi connectivity index (χ4n) is 2.56. The zero-order valence-electron chi connectivity index (χ0n) is 12.7. The lowest BCUT2D eigenvalue weighted by atomic mass is 9.99. The van der Waals surface area contributed by atoms with Gasteiger partial charge in [-0.05, 0) is 37.1 Å². The number of piperidine rings is 1. The summed E-state index contributed by atoms with van der Waals surface area (Å²) in [4.78, 5) is 12.2. The molecule has 1 aromatic carbocycles. The molecule has 1 amide bonds. The van der Waals surface area contributed by atoms with Crippen LogP contribution in [0, 0.1) is 17.2 Å². The third-order valence-electron chi connectivity index (χ3n) is 3.82. The van der Waals surface area contributed by atoms with E-state index in [0.717, 1.165) is 0 Å². The zero-order valence-corrected chi connectivity index (χ0v) is 13.6. The van der Waals surface area contributed by atoms with E-state index >= 15 is 0 Å². The first kappa shape index (κ1) is 17.4. The number of hydrogen-bond acceptors (Lipinski definition) is 5. The summed E-state index contributed by atoms with van der Waals surface area (Å²) in [7, 11) is -3.65. The summed E-state index contributed by atoms with van der Waals surface area (Å²) in [5.41, 5.74) is 5.76. The number of hydrogen-bond donors (Lipinski definition) is 2. The summed E-state index contributed by atoms with van der Waals surface area (Å²) in [6, 6.07) is 7.75. The fourth-order valence-corrected chi connectivity index (χ4v) is 4.09. The van der Waals surface area contributed by atoms with E-state index in [0.29, 0.717) is 38.0 Å². The summed E-state index contributed by atoms with van der Waals surface area (Å²) in [5.74, 6) is -0.515. The lowest BCUT2D eigenvalue weighted by molar-refractivity contribution is -0.126. The number of carbonyl (C=O) groups is 1. The van der Waals surface area contributed by atoms with Crippen molar-refractivity contribution in [3.8, 4) is 6.07 Å². The number of rotatable bonds is 5. The molecule has 3 N–H and O–H groups in total. The maximum Gasteiger partial charge on any atom is 0.243 e. The molecule has 0 bridgehead atoms. The van der Waals surface area contributed by atoms with Gasteiger partial charge in [-0.2, -0.15) is 9.57 Å². The average molecular weight is 336 g/mol. The SMILES string of the molecule is N#Cc1ccc(S(=O)(=O)N2CCCC(C(=O)NCCN)C2)cc1. The first-order valence-electron chi connectivity index (χ1n) is 7.47. The standard InChI is InChI=1S/C15H20N4O3S/c16-7-8-18-15(20)13-2-1-9-19(11-13)23(21,22)14-5-3-12(10-17)4-6-14/h3-6,13H,1-2,7-9,11,16H2,(H,18,20). The Morgan fingerprint density at radius 1 is 1.39 bits per heavy atom. The Balaban J connectivity index is 2.12. The molecule has 7 nitrogen and oxygen atoms in total. The van der Waals surface area contributed by atoms with Gasteiger partial charge in [0.1, 0.15) is 0 Å². The van der Waals surface area contributed by atoms with E-state index in [1.54, 1.807) is 0 Å². The van der Waals surface area contributed by atoms with Crippen LogP contribution in [0.5, 0.6) is 0 Å². The van der Waals surface area contributed by atoms with Crippen LogP contribution in [0.4, 0.5) is 0 Å². The smallest absolute Gasteiger partial charge is 0.243 e. The Morgan fingerprint density at radius 2 is 2.09 bits per heavy atom. The van der Waals surface area contributed by atoms with Crippen molar-refractivity contribution >= 4 is 15.9 Å². The van der Waals surface area contributed by atoms with Crippen LogP contribution in [0.15, 0.2) is 29.2 Å². The molecule has 124 valence electrons. The van der Waals surface area contributed by atoms with Crippen LogP contribution >= 0.6 is 0 Å². The minimum absolute atomic E-state index is 0.138. The van der Waals surface area contributed by atoms with Gasteiger partial charge in [0, 0.05) is 26.2 Å². The molecular weight excluding hydrogens is 316 g/mol. The number of benzene rings is 1. The van der Waals surface area contributed by atoms with Crippen LogP contribution in [0.1, 0.15) is 18.4 Å². The van der Waals surface area contributed by atoms with E-state index in [4.69, 9.17) is 11.0 Å². The average Bonchev–Trinajstić information content (AvgIpc) is 2.59. The van der Waals surface area contributed by atoms with Crippen molar-refractivity contribution in [3.63, 3.8) is 0 Å². The molecule has 1 saturated heterocycles. The molecule has 0 radical (unpaired) electrons. The van der Waals surface area contributed by atoms with Crippen LogP contribution in [0.3, 0.4) is 0 Å². The van der Waals surface area contributed by atoms with Crippen molar-refractivity contribution in [2.24, 2.45) is 11.7 Å². The zero-order chi connectivity index (χ0) is 16.9. The van der Waals surface area contributed by atoms with E-state index in [2.05, 4.69) is 5.32 Å². The third kappa shape index (κ3) is 4.07. The molecule has 0 spiro atoms. The second-order valence-corrected chi connectivity index (χ2v) is 7.36. The van der Waals surface area contributed by atoms with E-state index < -0.39 is 10.0 Å². The third-order valence-corrected chi connectivity index (χ3v) is 5.70. The van der Waals surface area contributed by atoms with Crippen molar-refractivity contribution < 1.29 is 13.2 Å². The summed E-state index contributed by atoms with van der Waals surface area (Å²) in [6.07, 6.45) is 1.30. The van der Waals surface area contributed by atoms with Gasteiger partial charge in [-0.25, -0.2) is 8.42 Å². The molecule has 1 heterocycles. The molecule has 1 aliphatic rings. The first-order valence-corrected chi connectivity index (χ1v) is 8.91. The Kier molecular flexibility index (Phi) is 5.71. The van der Waals surface area contributed by atoms with Gasteiger partial charge >= 0.3 is 0 Å². The van der Waals surface area contributed by atoms with Gasteiger partial charge in [-0.3, -0.25) is 4.79 Å². The second kappa shape index (κ2) is 7.55. The molecule has 0 aliphatic carbocycles. The van der Waals surface area contributed by atoms with Crippen LogP contribution in [-0.4, -0.2) is 44.8 Å². The van der Waals surface area contributed by atoms with Gasteiger partial charge in [-0.1, -0.05) is 0 Å². The highest BCUT2D eigenvalue weighted by atomic mass is 32.2. The molecular formula is C15H20N4O3S. The molecule has 1 fully saturated rings. The highest BCUT2D eigenvalue weighted by molar-refractivity contribution is 7.89. The Morgan fingerprint density at radius 3 is 2.70 bits per heavy atom. The van der Waals surface area contributed by atoms with Gasteiger partial charge in [0.2, 0.25) is 15.9 Å². The normalized spacial score (nSPS) is 19.0. The van der Waals surface area contributed by atoms with Crippen molar-refractivity contribution in [2.75, 3.05) is 26.2 Å². The quantitative estimate of drug-likeness (QED) is 0.787. The molecule has 1 atom stereocenters. The van der Waals surface area contributed by atoms with Crippen molar-refractivity contribution in [1.82, 2.24) is 9.62 Å². The number of sulfonamides is 1. The van der Waals surface area contributed by atoms with E-state index in [1.807, 2.05) is 6.07 Å². The Hall–Kier alpha value is -1.95. The predicted octanol–water partition coefficient (Wildman–Crippen LogP) is 0.0339. The Bertz CT molecular complexity index is 694. The second-order valence-electron chi connectivity index (χ2n) is 5.42. The number of nitriles is 1. The van der Waals surface area contributed by atoms with Crippen molar-refractivity contribution in [2.45, 2.75) is 17.7 Å². The molecule has 23 heavy (non-hydrogen) atoms. The lowest BCUT2D eigenvalue weighted by Gasteiger charge is -2.31. The van der Waals surface area contributed by atoms with Gasteiger partial charge < -0.3 is 11.1 Å². The molecule has 8 heteroatoms. The summed E-state index contributed by atoms with van der Waals surface area (Å²) >= 11 is 0. The van der Waals surface area contributed by atoms with Gasteiger partial charge in [0.15, 0.2) is 0 Å². The maximum atomic E-state index is 12.7. The van der Waals surface area contributed by atoms with Crippen LogP contribution in [-0.2, 0) is 14.8 Å². The van der Waals surface area contributed by atoms with Crippen LogP contribution < -0.4 is 11.1 Å². The number of carbonyl (C=O) groups excluding carboxylic acids is 1. The minimum Gasteiger partial charge on any atom is -0.355 e. The summed E-state index contributed by atoms with van der Waals surface area (Å²) in [6.45, 7) is 1.30. The lowest BCUT2D eigenvalue weighted by Crippen LogP contribution is -2.46. The summed E-state index contributed by atoms with van der Waals surface area (Å²) in [5, 5.41) is 11.5. The molecule has 0 aromatic heterocycles. The van der Waals surface area contributed by atoms with Crippen LogP contribution in [0.25, 0.3) is 0 Å². The monoisotopic (exact) mass is 336 g/mol. The molecule has 1 unspecified atom stereocenters. The van der Waals surface area contributed by atoms with Gasteiger partial charge in [0.25, 0.3) is 0 Å². The van der Waals surface area contributed by atoms with Gasteiger partial charge in [0.05, 0.1) is 22.4 Å². The molecule has 0 saturated carbocycles. The number of nitrogens with two attached hydrogens (primary N) is 1. The van der Waals surface area contributed by atoms with Crippen LogP contribution in [0.2, 0.25) is 0 Å². The first-order chi connectivity index (χ1) is 11.0. The topological polar surface area (TPSA) is 116 Å². The van der Waals surface area contributed by atoms with E-state index in [9.17, 15) is 13.2 Å². The number of amides is 1. The maximum absolute atomic E-state index is 12.7. The van der Waals surface area contributed by atoms with Crippen molar-refractivity contribution in [1.29, 1.82) is 5.26 Å². The molecule has 1 aromatic rings. The number of nitrogens with one attached hydrogen (secondary N) is 1.